The van der Waals surface area contributed by atoms with Gasteiger partial charge in [-0.2, -0.15) is 0 Å². The Morgan fingerprint density at radius 3 is 1.76 bits per heavy atom. The fraction of sp³-hybridized carbons (Fsp3) is 0.700. The number of ether oxygens (including phenoxy) is 4. The molecule has 0 rings (SSSR count). The molecule has 0 saturated heterocycles. The van der Waals surface area contributed by atoms with Crippen molar-refractivity contribution >= 4 is 20.5 Å². The lowest BCUT2D eigenvalue weighted by Crippen LogP contribution is -2.49. The number of esters is 2. The molecule has 1 atom stereocenters. The van der Waals surface area contributed by atoms with Gasteiger partial charge in [-0.3, -0.25) is 0 Å². The van der Waals surface area contributed by atoms with Crippen molar-refractivity contribution in [1.82, 2.24) is 0 Å². The van der Waals surface area contributed by atoms with Crippen LogP contribution in [0.1, 0.15) is 40.0 Å². The van der Waals surface area contributed by atoms with Gasteiger partial charge in [0, 0.05) is 38.9 Å². The maximum absolute atomic E-state index is 11.5. The van der Waals surface area contributed by atoms with Crippen molar-refractivity contribution < 1.29 is 37.4 Å². The van der Waals surface area contributed by atoms with Gasteiger partial charge in [0.1, 0.15) is 0 Å². The zero-order chi connectivity index (χ0) is 22.5. The van der Waals surface area contributed by atoms with Crippen molar-refractivity contribution in [2.75, 3.05) is 34.0 Å². The van der Waals surface area contributed by atoms with Crippen molar-refractivity contribution in [3.8, 4) is 0 Å². The molecule has 8 nitrogen and oxygen atoms in total. The maximum atomic E-state index is 11.5. The molecular weight excluding hydrogens is 396 g/mol. The van der Waals surface area contributed by atoms with E-state index in [2.05, 4.69) is 13.2 Å². The molecule has 1 unspecified atom stereocenters. The monoisotopic (exact) mass is 432 g/mol. The summed E-state index contributed by atoms with van der Waals surface area (Å²) in [5.74, 6) is -2.04. The van der Waals surface area contributed by atoms with Gasteiger partial charge in [-0.25, -0.2) is 9.59 Å². The fourth-order valence-electron chi connectivity index (χ4n) is 2.17. The first-order chi connectivity index (χ1) is 13.5. The van der Waals surface area contributed by atoms with Crippen LogP contribution in [0.5, 0.6) is 0 Å². The Kier molecular flexibility index (Phi) is 12.9. The lowest BCUT2D eigenvalue weighted by Gasteiger charge is -2.36. The largest absolute Gasteiger partial charge is 0.462 e. The van der Waals surface area contributed by atoms with Crippen LogP contribution in [0.2, 0.25) is 12.6 Å². The number of hydrogen-bond donors (Lipinski definition) is 0. The minimum atomic E-state index is -2.71. The van der Waals surface area contributed by atoms with E-state index in [1.165, 1.54) is 14.2 Å². The Morgan fingerprint density at radius 2 is 1.31 bits per heavy atom. The fourth-order valence-corrected chi connectivity index (χ4v) is 4.79. The molecule has 0 spiro atoms. The van der Waals surface area contributed by atoms with E-state index in [0.717, 1.165) is 0 Å². The first-order valence-electron chi connectivity index (χ1n) is 9.58. The average Bonchev–Trinajstić information content (AvgIpc) is 2.67. The normalized spacial score (nSPS) is 13.4. The highest BCUT2D eigenvalue weighted by atomic mass is 28.4. The summed E-state index contributed by atoms with van der Waals surface area (Å²) in [6.45, 7) is 14.9. The molecule has 0 amide bonds. The molecule has 29 heavy (non-hydrogen) atoms. The van der Waals surface area contributed by atoms with Crippen LogP contribution in [-0.4, -0.2) is 60.5 Å². The summed E-state index contributed by atoms with van der Waals surface area (Å²) in [7, 11) is 0.267. The van der Waals surface area contributed by atoms with Crippen LogP contribution in [0.4, 0.5) is 0 Å². The van der Waals surface area contributed by atoms with E-state index in [4.69, 9.17) is 27.8 Å². The third kappa shape index (κ3) is 11.9. The van der Waals surface area contributed by atoms with E-state index in [-0.39, 0.29) is 6.61 Å². The molecule has 168 valence electrons. The second kappa shape index (κ2) is 13.7. The smallest absolute Gasteiger partial charge is 0.339 e. The second-order valence-electron chi connectivity index (χ2n) is 7.00. The summed E-state index contributed by atoms with van der Waals surface area (Å²) in [4.78, 5) is 22.9. The van der Waals surface area contributed by atoms with E-state index < -0.39 is 26.5 Å². The molecule has 9 heteroatoms. The predicted molar refractivity (Wildman–Crippen MR) is 111 cm³/mol. The van der Waals surface area contributed by atoms with Crippen LogP contribution in [0.15, 0.2) is 24.3 Å². The van der Waals surface area contributed by atoms with Gasteiger partial charge in [-0.1, -0.05) is 13.2 Å². The van der Waals surface area contributed by atoms with E-state index in [1.54, 1.807) is 20.8 Å². The van der Waals surface area contributed by atoms with Gasteiger partial charge in [-0.15, -0.1) is 0 Å². The first kappa shape index (κ1) is 27.5. The van der Waals surface area contributed by atoms with Crippen molar-refractivity contribution in [3.63, 3.8) is 0 Å². The molecule has 0 aromatic heterocycles. The Morgan fingerprint density at radius 1 is 0.862 bits per heavy atom. The number of carbonyl (C=O) groups is 2. The third-order valence-corrected chi connectivity index (χ3v) is 6.91. The molecule has 0 saturated carbocycles. The van der Waals surface area contributed by atoms with Crippen molar-refractivity contribution in [3.05, 3.63) is 24.3 Å². The van der Waals surface area contributed by atoms with Crippen LogP contribution in [-0.2, 0) is 37.4 Å². The quantitative estimate of drug-likeness (QED) is 0.120. The summed E-state index contributed by atoms with van der Waals surface area (Å²) >= 11 is 0. The predicted octanol–water partition coefficient (Wildman–Crippen LogP) is 3.47. The average molecular weight is 433 g/mol. The van der Waals surface area contributed by atoms with E-state index >= 15 is 0 Å². The summed E-state index contributed by atoms with van der Waals surface area (Å²) in [6.07, 6.45) is 1.92. The topological polar surface area (TPSA) is 89.5 Å². The van der Waals surface area contributed by atoms with Crippen LogP contribution in [0.3, 0.4) is 0 Å². The van der Waals surface area contributed by atoms with Gasteiger partial charge in [-0.05, 0) is 45.7 Å². The maximum Gasteiger partial charge on any atom is 0.339 e. The Labute approximate surface area is 175 Å². The molecule has 0 heterocycles. The number of unbranched alkanes of at least 4 members (excludes halogenated alkanes) is 1. The standard InChI is InChI=1S/C20H36O8Si/c1-16(2)18(21)25-12-9-10-14-27-29(8,28-20(5,23-6)24-7)15-11-13-26-19(22)17(3)4/h1,3,9-15H2,2,4-8H3. The molecule has 0 N–H and O–H groups in total. The minimum Gasteiger partial charge on any atom is -0.462 e. The molecule has 0 aliphatic carbocycles. The summed E-state index contributed by atoms with van der Waals surface area (Å²) < 4.78 is 32.9. The van der Waals surface area contributed by atoms with Crippen LogP contribution in [0, 0.1) is 0 Å². The zero-order valence-electron chi connectivity index (χ0n) is 18.6. The van der Waals surface area contributed by atoms with E-state index in [1.807, 2.05) is 6.55 Å². The highest BCUT2D eigenvalue weighted by Crippen LogP contribution is 2.25. The Bertz CT molecular complexity index is 559. The number of methoxy groups -OCH3 is 2. The minimum absolute atomic E-state index is 0.245. The SMILES string of the molecule is C=C(C)C(=O)OCCCCO[Si](C)(CCCOC(=O)C(=C)C)OC(C)(OC)OC. The molecular formula is C20H36O8Si. The van der Waals surface area contributed by atoms with E-state index in [9.17, 15) is 9.59 Å². The molecule has 0 fully saturated rings. The van der Waals surface area contributed by atoms with E-state index in [0.29, 0.717) is 49.7 Å². The number of carbonyl (C=O) groups excluding carboxylic acids is 2. The molecule has 0 radical (unpaired) electrons. The van der Waals surface area contributed by atoms with Gasteiger partial charge < -0.3 is 27.8 Å². The first-order valence-corrected chi connectivity index (χ1v) is 12.1. The lowest BCUT2D eigenvalue weighted by molar-refractivity contribution is -0.320. The lowest BCUT2D eigenvalue weighted by atomic mass is 10.3. The molecule has 0 bridgehead atoms. The van der Waals surface area contributed by atoms with Gasteiger partial charge in [0.15, 0.2) is 0 Å². The molecule has 0 aromatic rings. The van der Waals surface area contributed by atoms with Crippen LogP contribution in [0.25, 0.3) is 0 Å². The van der Waals surface area contributed by atoms with Crippen LogP contribution >= 0.6 is 0 Å². The molecule has 0 aliphatic rings. The Hall–Kier alpha value is -1.52. The second-order valence-corrected chi connectivity index (χ2v) is 10.3. The highest BCUT2D eigenvalue weighted by Gasteiger charge is 2.40. The van der Waals surface area contributed by atoms with Crippen molar-refractivity contribution in [1.29, 1.82) is 0 Å². The van der Waals surface area contributed by atoms with Crippen LogP contribution < -0.4 is 0 Å². The highest BCUT2D eigenvalue weighted by molar-refractivity contribution is 6.66. The van der Waals surface area contributed by atoms with Gasteiger partial charge in [0.2, 0.25) is 0 Å². The summed E-state index contributed by atoms with van der Waals surface area (Å²) in [6, 6.07) is 0.573. The van der Waals surface area contributed by atoms with Gasteiger partial charge in [0.25, 0.3) is 5.97 Å². The summed E-state index contributed by atoms with van der Waals surface area (Å²) in [5.41, 5.74) is 0.733. The van der Waals surface area contributed by atoms with Gasteiger partial charge >= 0.3 is 20.5 Å². The Balaban J connectivity index is 4.59. The van der Waals surface area contributed by atoms with Crippen molar-refractivity contribution in [2.45, 2.75) is 58.6 Å². The zero-order valence-corrected chi connectivity index (χ0v) is 19.6. The van der Waals surface area contributed by atoms with Crippen molar-refractivity contribution in [2.24, 2.45) is 0 Å². The van der Waals surface area contributed by atoms with Gasteiger partial charge in [0.05, 0.1) is 13.2 Å². The third-order valence-electron chi connectivity index (χ3n) is 4.03. The molecule has 0 aliphatic heterocycles. The molecule has 0 aromatic carbocycles. The summed E-state index contributed by atoms with van der Waals surface area (Å²) in [5, 5.41) is 0. The number of rotatable bonds is 16. The number of hydrogen-bond acceptors (Lipinski definition) is 8.